The van der Waals surface area contributed by atoms with Gasteiger partial charge < -0.3 is 10.1 Å². The van der Waals surface area contributed by atoms with Crippen LogP contribution in [0.15, 0.2) is 18.2 Å². The van der Waals surface area contributed by atoms with Gasteiger partial charge in [-0.15, -0.1) is 0 Å². The van der Waals surface area contributed by atoms with Crippen molar-refractivity contribution in [3.8, 4) is 6.07 Å². The lowest BCUT2D eigenvalue weighted by atomic mass is 10.1. The van der Waals surface area contributed by atoms with Crippen molar-refractivity contribution in [2.45, 2.75) is 13.3 Å². The molecular formula is C12H16N2O. The average molecular weight is 204 g/mol. The summed E-state index contributed by atoms with van der Waals surface area (Å²) >= 11 is 0. The molecule has 80 valence electrons. The minimum Gasteiger partial charge on any atom is -0.385 e. The van der Waals surface area contributed by atoms with Crippen molar-refractivity contribution in [3.05, 3.63) is 29.3 Å². The first-order valence-corrected chi connectivity index (χ1v) is 5.01. The zero-order valence-electron chi connectivity index (χ0n) is 9.21. The van der Waals surface area contributed by atoms with Crippen LogP contribution in [0.1, 0.15) is 17.5 Å². The number of hydrogen-bond acceptors (Lipinski definition) is 3. The number of nitrogens with zero attached hydrogens (tertiary/aromatic N) is 1. The fourth-order valence-corrected chi connectivity index (χ4v) is 1.34. The van der Waals surface area contributed by atoms with Crippen molar-refractivity contribution in [3.63, 3.8) is 0 Å². The molecule has 0 saturated carbocycles. The van der Waals surface area contributed by atoms with Gasteiger partial charge in [0.15, 0.2) is 0 Å². The lowest BCUT2D eigenvalue weighted by molar-refractivity contribution is 0.198. The van der Waals surface area contributed by atoms with E-state index in [1.165, 1.54) is 0 Å². The number of benzene rings is 1. The van der Waals surface area contributed by atoms with Gasteiger partial charge in [-0.05, 0) is 31.0 Å². The van der Waals surface area contributed by atoms with Gasteiger partial charge in [-0.1, -0.05) is 6.07 Å². The molecule has 1 aromatic carbocycles. The first kappa shape index (κ1) is 11.5. The minimum absolute atomic E-state index is 0.693. The lowest BCUT2D eigenvalue weighted by Gasteiger charge is -2.08. The fraction of sp³-hybridized carbons (Fsp3) is 0.417. The van der Waals surface area contributed by atoms with E-state index in [2.05, 4.69) is 11.4 Å². The van der Waals surface area contributed by atoms with Crippen LogP contribution in [0, 0.1) is 18.3 Å². The highest BCUT2D eigenvalue weighted by molar-refractivity contribution is 5.58. The van der Waals surface area contributed by atoms with Crippen LogP contribution in [0.3, 0.4) is 0 Å². The molecule has 0 spiro atoms. The number of methoxy groups -OCH3 is 1. The summed E-state index contributed by atoms with van der Waals surface area (Å²) in [7, 11) is 1.69. The number of nitriles is 1. The fourth-order valence-electron chi connectivity index (χ4n) is 1.34. The van der Waals surface area contributed by atoms with Crippen LogP contribution in [0.4, 0.5) is 5.69 Å². The maximum atomic E-state index is 8.90. The molecule has 3 nitrogen and oxygen atoms in total. The van der Waals surface area contributed by atoms with Crippen molar-refractivity contribution < 1.29 is 4.74 Å². The van der Waals surface area contributed by atoms with Gasteiger partial charge in [0, 0.05) is 20.3 Å². The molecule has 0 atom stereocenters. The maximum absolute atomic E-state index is 8.90. The Morgan fingerprint density at radius 2 is 2.27 bits per heavy atom. The van der Waals surface area contributed by atoms with Gasteiger partial charge in [0.25, 0.3) is 0 Å². The van der Waals surface area contributed by atoms with E-state index in [1.807, 2.05) is 25.1 Å². The van der Waals surface area contributed by atoms with Gasteiger partial charge in [-0.25, -0.2) is 0 Å². The largest absolute Gasteiger partial charge is 0.385 e. The second kappa shape index (κ2) is 6.05. The molecule has 0 aliphatic rings. The van der Waals surface area contributed by atoms with Crippen molar-refractivity contribution >= 4 is 5.69 Å². The van der Waals surface area contributed by atoms with E-state index < -0.39 is 0 Å². The number of hydrogen-bond donors (Lipinski definition) is 1. The quantitative estimate of drug-likeness (QED) is 0.748. The zero-order chi connectivity index (χ0) is 11.1. The average Bonchev–Trinajstić information content (AvgIpc) is 2.25. The van der Waals surface area contributed by atoms with Crippen LogP contribution in [0.5, 0.6) is 0 Å². The Labute approximate surface area is 90.7 Å². The SMILES string of the molecule is COCCCNc1cc(C)ccc1C#N. The van der Waals surface area contributed by atoms with E-state index in [0.717, 1.165) is 30.8 Å². The number of rotatable bonds is 5. The predicted octanol–water partition coefficient (Wildman–Crippen LogP) is 2.32. The van der Waals surface area contributed by atoms with Gasteiger partial charge in [-0.2, -0.15) is 5.26 Å². The second-order valence-electron chi connectivity index (χ2n) is 3.43. The normalized spacial score (nSPS) is 9.67. The van der Waals surface area contributed by atoms with Crippen LogP contribution in [0.2, 0.25) is 0 Å². The van der Waals surface area contributed by atoms with E-state index in [-0.39, 0.29) is 0 Å². The highest BCUT2D eigenvalue weighted by atomic mass is 16.5. The van der Waals surface area contributed by atoms with Gasteiger partial charge in [0.1, 0.15) is 6.07 Å². The highest BCUT2D eigenvalue weighted by Gasteiger charge is 2.00. The van der Waals surface area contributed by atoms with Crippen molar-refractivity contribution in [1.82, 2.24) is 0 Å². The number of aryl methyl sites for hydroxylation is 1. The van der Waals surface area contributed by atoms with E-state index in [4.69, 9.17) is 10.00 Å². The smallest absolute Gasteiger partial charge is 0.101 e. The van der Waals surface area contributed by atoms with Gasteiger partial charge in [-0.3, -0.25) is 0 Å². The first-order chi connectivity index (χ1) is 7.27. The Balaban J connectivity index is 2.59. The van der Waals surface area contributed by atoms with Gasteiger partial charge in [0.05, 0.1) is 11.3 Å². The van der Waals surface area contributed by atoms with Crippen LogP contribution in [-0.2, 0) is 4.74 Å². The summed E-state index contributed by atoms with van der Waals surface area (Å²) in [6.45, 7) is 3.58. The summed E-state index contributed by atoms with van der Waals surface area (Å²) < 4.78 is 4.96. The third-order valence-electron chi connectivity index (χ3n) is 2.14. The molecule has 0 aromatic heterocycles. The Bertz CT molecular complexity index is 355. The highest BCUT2D eigenvalue weighted by Crippen LogP contribution is 2.16. The van der Waals surface area contributed by atoms with Crippen LogP contribution in [-0.4, -0.2) is 20.3 Å². The molecule has 0 saturated heterocycles. The Hall–Kier alpha value is -1.53. The van der Waals surface area contributed by atoms with Crippen molar-refractivity contribution in [1.29, 1.82) is 5.26 Å². The van der Waals surface area contributed by atoms with Gasteiger partial charge >= 0.3 is 0 Å². The van der Waals surface area contributed by atoms with Crippen LogP contribution >= 0.6 is 0 Å². The zero-order valence-corrected chi connectivity index (χ0v) is 9.21. The van der Waals surface area contributed by atoms with E-state index in [9.17, 15) is 0 Å². The van der Waals surface area contributed by atoms with E-state index in [0.29, 0.717) is 5.56 Å². The second-order valence-corrected chi connectivity index (χ2v) is 3.43. The van der Waals surface area contributed by atoms with Crippen molar-refractivity contribution in [2.75, 3.05) is 25.6 Å². The molecule has 0 amide bonds. The summed E-state index contributed by atoms with van der Waals surface area (Å²) in [5, 5.41) is 12.1. The van der Waals surface area contributed by atoms with E-state index in [1.54, 1.807) is 7.11 Å². The molecule has 0 aliphatic heterocycles. The van der Waals surface area contributed by atoms with Crippen molar-refractivity contribution in [2.24, 2.45) is 0 Å². The molecule has 0 radical (unpaired) electrons. The van der Waals surface area contributed by atoms with Crippen LogP contribution < -0.4 is 5.32 Å². The summed E-state index contributed by atoms with van der Waals surface area (Å²) in [6.07, 6.45) is 0.940. The summed E-state index contributed by atoms with van der Waals surface area (Å²) in [5.41, 5.74) is 2.76. The van der Waals surface area contributed by atoms with Crippen LogP contribution in [0.25, 0.3) is 0 Å². The minimum atomic E-state index is 0.693. The third kappa shape index (κ3) is 3.61. The maximum Gasteiger partial charge on any atom is 0.101 e. The molecule has 15 heavy (non-hydrogen) atoms. The molecule has 0 heterocycles. The number of nitrogens with one attached hydrogen (secondary N) is 1. The molecule has 0 unspecified atom stereocenters. The Kier molecular flexibility index (Phi) is 4.65. The lowest BCUT2D eigenvalue weighted by Crippen LogP contribution is -2.06. The molecule has 0 fully saturated rings. The summed E-state index contributed by atoms with van der Waals surface area (Å²) in [6, 6.07) is 7.95. The monoisotopic (exact) mass is 204 g/mol. The third-order valence-corrected chi connectivity index (χ3v) is 2.14. The molecule has 1 aromatic rings. The molecule has 1 N–H and O–H groups in total. The number of anilines is 1. The standard InChI is InChI=1S/C12H16N2O/c1-10-4-5-11(9-13)12(8-10)14-6-3-7-15-2/h4-5,8,14H,3,6-7H2,1-2H3. The molecular weight excluding hydrogens is 188 g/mol. The molecule has 3 heteroatoms. The molecule has 0 bridgehead atoms. The number of ether oxygens (including phenoxy) is 1. The Morgan fingerprint density at radius 1 is 1.47 bits per heavy atom. The molecule has 0 aliphatic carbocycles. The predicted molar refractivity (Wildman–Crippen MR) is 60.9 cm³/mol. The summed E-state index contributed by atoms with van der Waals surface area (Å²) in [4.78, 5) is 0. The first-order valence-electron chi connectivity index (χ1n) is 5.01. The van der Waals surface area contributed by atoms with Gasteiger partial charge in [0.2, 0.25) is 0 Å². The molecule has 1 rings (SSSR count). The summed E-state index contributed by atoms with van der Waals surface area (Å²) in [5.74, 6) is 0. The Morgan fingerprint density at radius 3 is 2.93 bits per heavy atom. The topological polar surface area (TPSA) is 45.0 Å². The van der Waals surface area contributed by atoms with E-state index >= 15 is 0 Å².